The second-order valence-corrected chi connectivity index (χ2v) is 4.21. The number of nitrogens with one attached hydrogen (secondary N) is 1. The Morgan fingerprint density at radius 3 is 2.65 bits per heavy atom. The van der Waals surface area contributed by atoms with Crippen LogP contribution in [0.25, 0.3) is 0 Å². The van der Waals surface area contributed by atoms with E-state index in [2.05, 4.69) is 5.32 Å². The molecule has 5 heteroatoms. The molecule has 0 fully saturated rings. The molecule has 0 aliphatic carbocycles. The van der Waals surface area contributed by atoms with E-state index in [0.717, 1.165) is 0 Å². The Morgan fingerprint density at radius 2 is 2.12 bits per heavy atom. The number of amides is 1. The Bertz CT molecular complexity index is 445. The third-order valence-electron chi connectivity index (χ3n) is 2.52. The monoisotopic (exact) mass is 254 g/mol. The summed E-state index contributed by atoms with van der Waals surface area (Å²) in [6, 6.07) is 4.14. The van der Waals surface area contributed by atoms with Crippen LogP contribution in [0.15, 0.2) is 18.2 Å². The minimum Gasteiger partial charge on any atom is -0.545 e. The van der Waals surface area contributed by atoms with Crippen molar-refractivity contribution in [2.45, 2.75) is 20.3 Å². The number of carbonyl (C=O) groups excluding carboxylic acids is 2. The van der Waals surface area contributed by atoms with E-state index in [9.17, 15) is 14.7 Å². The van der Waals surface area contributed by atoms with Crippen LogP contribution in [0.5, 0.6) is 0 Å². The van der Waals surface area contributed by atoms with E-state index in [1.54, 1.807) is 6.92 Å². The van der Waals surface area contributed by atoms with Gasteiger partial charge in [0, 0.05) is 16.5 Å². The molecule has 0 aliphatic rings. The molecule has 0 saturated carbocycles. The molecule has 92 valence electrons. The van der Waals surface area contributed by atoms with Crippen molar-refractivity contribution in [1.82, 2.24) is 0 Å². The molecule has 1 N–H and O–H groups in total. The molecule has 0 aromatic heterocycles. The number of rotatable bonds is 4. The summed E-state index contributed by atoms with van der Waals surface area (Å²) in [5.74, 6) is -1.78. The first kappa shape index (κ1) is 13.5. The maximum atomic E-state index is 11.7. The molecule has 0 radical (unpaired) electrons. The zero-order chi connectivity index (χ0) is 13.0. The predicted octanol–water partition coefficient (Wildman–Crippen LogP) is 1.69. The largest absolute Gasteiger partial charge is 0.545 e. The fourth-order valence-corrected chi connectivity index (χ4v) is 1.41. The summed E-state index contributed by atoms with van der Waals surface area (Å²) in [6.07, 6.45) is 0.674. The first-order chi connectivity index (χ1) is 7.95. The number of carboxylic acids is 1. The van der Waals surface area contributed by atoms with Gasteiger partial charge in [-0.25, -0.2) is 0 Å². The van der Waals surface area contributed by atoms with Crippen molar-refractivity contribution in [3.63, 3.8) is 0 Å². The Balaban J connectivity index is 3.00. The van der Waals surface area contributed by atoms with E-state index in [4.69, 9.17) is 11.6 Å². The Kier molecular flexibility index (Phi) is 4.52. The zero-order valence-corrected chi connectivity index (χ0v) is 10.4. The van der Waals surface area contributed by atoms with E-state index in [1.807, 2.05) is 6.92 Å². The smallest absolute Gasteiger partial charge is 0.227 e. The van der Waals surface area contributed by atoms with E-state index in [-0.39, 0.29) is 23.1 Å². The summed E-state index contributed by atoms with van der Waals surface area (Å²) in [5.41, 5.74) is 0.0915. The quantitative estimate of drug-likeness (QED) is 0.889. The maximum Gasteiger partial charge on any atom is 0.227 e. The summed E-state index contributed by atoms with van der Waals surface area (Å²) in [5, 5.41) is 13.7. The molecule has 17 heavy (non-hydrogen) atoms. The topological polar surface area (TPSA) is 69.2 Å². The van der Waals surface area contributed by atoms with Gasteiger partial charge in [0.25, 0.3) is 0 Å². The summed E-state index contributed by atoms with van der Waals surface area (Å²) in [7, 11) is 0. The number of halogens is 1. The van der Waals surface area contributed by atoms with Crippen molar-refractivity contribution in [3.05, 3.63) is 28.8 Å². The Morgan fingerprint density at radius 1 is 1.47 bits per heavy atom. The standard InChI is InChI=1S/C12H14ClNO3/c1-3-7(2)11(15)14-10-6-8(13)4-5-9(10)12(16)17/h4-7H,3H2,1-2H3,(H,14,15)(H,16,17)/p-1/t7-/m0/s1. The van der Waals surface area contributed by atoms with Crippen LogP contribution in [-0.4, -0.2) is 11.9 Å². The van der Waals surface area contributed by atoms with Crippen molar-refractivity contribution in [2.24, 2.45) is 5.92 Å². The number of carbonyl (C=O) groups is 2. The Hall–Kier alpha value is -1.55. The lowest BCUT2D eigenvalue weighted by molar-refractivity contribution is -0.254. The van der Waals surface area contributed by atoms with Crippen LogP contribution in [0.2, 0.25) is 5.02 Å². The first-order valence-electron chi connectivity index (χ1n) is 5.27. The van der Waals surface area contributed by atoms with E-state index in [1.165, 1.54) is 18.2 Å². The van der Waals surface area contributed by atoms with Gasteiger partial charge in [-0.15, -0.1) is 0 Å². The molecule has 1 aromatic carbocycles. The second kappa shape index (κ2) is 5.68. The number of carboxylic acid groups (broad SMARTS) is 1. The first-order valence-corrected chi connectivity index (χ1v) is 5.65. The lowest BCUT2D eigenvalue weighted by atomic mass is 10.1. The molecule has 4 nitrogen and oxygen atoms in total. The molecular formula is C12H13ClNO3-. The summed E-state index contributed by atoms with van der Waals surface area (Å²) < 4.78 is 0. The highest BCUT2D eigenvalue weighted by molar-refractivity contribution is 6.31. The lowest BCUT2D eigenvalue weighted by Gasteiger charge is -2.14. The molecule has 0 saturated heterocycles. The van der Waals surface area contributed by atoms with Crippen LogP contribution in [0.4, 0.5) is 5.69 Å². The second-order valence-electron chi connectivity index (χ2n) is 3.78. The molecule has 0 heterocycles. The van der Waals surface area contributed by atoms with E-state index >= 15 is 0 Å². The number of hydrogen-bond acceptors (Lipinski definition) is 3. The van der Waals surface area contributed by atoms with Crippen LogP contribution < -0.4 is 10.4 Å². The van der Waals surface area contributed by atoms with Crippen molar-refractivity contribution in [3.8, 4) is 0 Å². The summed E-state index contributed by atoms with van der Waals surface area (Å²) in [4.78, 5) is 22.5. The van der Waals surface area contributed by atoms with Crippen molar-refractivity contribution in [2.75, 3.05) is 5.32 Å². The van der Waals surface area contributed by atoms with Crippen LogP contribution >= 0.6 is 11.6 Å². The predicted molar refractivity (Wildman–Crippen MR) is 63.9 cm³/mol. The lowest BCUT2D eigenvalue weighted by Crippen LogP contribution is -2.26. The average molecular weight is 255 g/mol. The van der Waals surface area contributed by atoms with Crippen LogP contribution in [0.1, 0.15) is 30.6 Å². The molecular weight excluding hydrogens is 242 g/mol. The SMILES string of the molecule is CC[C@H](C)C(=O)Nc1cc(Cl)ccc1C(=O)[O-]. The maximum absolute atomic E-state index is 11.7. The minimum absolute atomic E-state index is 0.0777. The normalized spacial score (nSPS) is 11.9. The summed E-state index contributed by atoms with van der Waals surface area (Å²) in [6.45, 7) is 3.64. The number of anilines is 1. The van der Waals surface area contributed by atoms with E-state index < -0.39 is 5.97 Å². The molecule has 0 spiro atoms. The Labute approximate surface area is 105 Å². The van der Waals surface area contributed by atoms with Crippen molar-refractivity contribution in [1.29, 1.82) is 0 Å². The van der Waals surface area contributed by atoms with E-state index in [0.29, 0.717) is 11.4 Å². The highest BCUT2D eigenvalue weighted by Crippen LogP contribution is 2.21. The molecule has 1 aromatic rings. The third-order valence-corrected chi connectivity index (χ3v) is 2.75. The molecule has 0 bridgehead atoms. The van der Waals surface area contributed by atoms with Gasteiger partial charge in [-0.05, 0) is 24.6 Å². The summed E-state index contributed by atoms with van der Waals surface area (Å²) >= 11 is 5.75. The van der Waals surface area contributed by atoms with Gasteiger partial charge in [0.05, 0.1) is 11.7 Å². The highest BCUT2D eigenvalue weighted by Gasteiger charge is 2.13. The minimum atomic E-state index is -1.35. The van der Waals surface area contributed by atoms with Crippen molar-refractivity contribution >= 4 is 29.2 Å². The van der Waals surface area contributed by atoms with Gasteiger partial charge in [0.15, 0.2) is 0 Å². The fraction of sp³-hybridized carbons (Fsp3) is 0.333. The number of benzene rings is 1. The van der Waals surface area contributed by atoms with Crippen LogP contribution in [-0.2, 0) is 4.79 Å². The fourth-order valence-electron chi connectivity index (χ4n) is 1.24. The molecule has 1 rings (SSSR count). The average Bonchev–Trinajstić information content (AvgIpc) is 2.27. The molecule has 0 unspecified atom stereocenters. The van der Waals surface area contributed by atoms with Gasteiger partial charge < -0.3 is 15.2 Å². The van der Waals surface area contributed by atoms with Gasteiger partial charge >= 0.3 is 0 Å². The van der Waals surface area contributed by atoms with Gasteiger partial charge in [0.2, 0.25) is 5.91 Å². The zero-order valence-electron chi connectivity index (χ0n) is 9.62. The van der Waals surface area contributed by atoms with Gasteiger partial charge in [-0.3, -0.25) is 4.79 Å². The number of hydrogen-bond donors (Lipinski definition) is 1. The molecule has 1 atom stereocenters. The van der Waals surface area contributed by atoms with Crippen LogP contribution in [0, 0.1) is 5.92 Å². The van der Waals surface area contributed by atoms with Gasteiger partial charge in [-0.2, -0.15) is 0 Å². The highest BCUT2D eigenvalue weighted by atomic mass is 35.5. The van der Waals surface area contributed by atoms with Gasteiger partial charge in [-0.1, -0.05) is 25.4 Å². The molecule has 1 amide bonds. The van der Waals surface area contributed by atoms with Crippen molar-refractivity contribution < 1.29 is 14.7 Å². The molecule has 0 aliphatic heterocycles. The van der Waals surface area contributed by atoms with Crippen LogP contribution in [0.3, 0.4) is 0 Å². The third kappa shape index (κ3) is 3.46. The van der Waals surface area contributed by atoms with Gasteiger partial charge in [0.1, 0.15) is 0 Å². The number of aromatic carboxylic acids is 1.